The van der Waals surface area contributed by atoms with Crippen LogP contribution in [0.4, 0.5) is 4.39 Å². The van der Waals surface area contributed by atoms with Gasteiger partial charge in [0.15, 0.2) is 5.65 Å². The van der Waals surface area contributed by atoms with Crippen LogP contribution in [0.3, 0.4) is 0 Å². The molecule has 0 unspecified atom stereocenters. The number of fused-ring (bicyclic) bond motifs is 1. The van der Waals surface area contributed by atoms with Gasteiger partial charge >= 0.3 is 0 Å². The lowest BCUT2D eigenvalue weighted by molar-refractivity contribution is 0.0830. The molecule has 3 aromatic rings. The van der Waals surface area contributed by atoms with Crippen LogP contribution in [-0.4, -0.2) is 27.7 Å². The Balaban J connectivity index is 1.79. The zero-order chi connectivity index (χ0) is 15.6. The molecule has 0 amide bonds. The van der Waals surface area contributed by atoms with Gasteiger partial charge < -0.3 is 9.30 Å². The fourth-order valence-electron chi connectivity index (χ4n) is 3.22. The predicted molar refractivity (Wildman–Crippen MR) is 85.8 cm³/mol. The second-order valence-corrected chi connectivity index (χ2v) is 5.92. The van der Waals surface area contributed by atoms with Crippen molar-refractivity contribution in [3.63, 3.8) is 0 Å². The molecule has 1 aromatic carbocycles. The van der Waals surface area contributed by atoms with Crippen molar-refractivity contribution in [2.24, 2.45) is 0 Å². The summed E-state index contributed by atoms with van der Waals surface area (Å²) in [6.45, 7) is 2.11. The van der Waals surface area contributed by atoms with Crippen LogP contribution in [0.5, 0.6) is 0 Å². The first-order chi connectivity index (χ1) is 11.3. The molecule has 1 saturated heterocycles. The average Bonchev–Trinajstić information content (AvgIpc) is 2.95. The molecule has 2 aromatic heterocycles. The van der Waals surface area contributed by atoms with Crippen LogP contribution in [0.15, 0.2) is 42.6 Å². The number of ether oxygens (including phenoxy) is 1. The molecule has 1 aliphatic heterocycles. The first-order valence-electron chi connectivity index (χ1n) is 7.94. The first kappa shape index (κ1) is 14.3. The van der Waals surface area contributed by atoms with Gasteiger partial charge in [0, 0.05) is 25.3 Å². The quantitative estimate of drug-likeness (QED) is 0.743. The van der Waals surface area contributed by atoms with Gasteiger partial charge in [-0.05, 0) is 42.7 Å². The molecule has 4 nitrogen and oxygen atoms in total. The summed E-state index contributed by atoms with van der Waals surface area (Å²) in [7, 11) is 0. The van der Waals surface area contributed by atoms with Gasteiger partial charge in [-0.3, -0.25) is 0 Å². The van der Waals surface area contributed by atoms with Crippen LogP contribution >= 0.6 is 0 Å². The van der Waals surface area contributed by atoms with E-state index in [2.05, 4.69) is 9.55 Å². The largest absolute Gasteiger partial charge is 0.381 e. The maximum Gasteiger partial charge on any atom is 0.160 e. The Hall–Kier alpha value is -2.27. The standard InChI is InChI=1S/C18H18FN3O/c19-15-4-1-3-13(11-15)12-22-17(14-6-9-23-10-7-14)21-16-5-2-8-20-18(16)22/h1-5,8,11,14H,6-7,9-10,12H2. The highest BCUT2D eigenvalue weighted by atomic mass is 19.1. The summed E-state index contributed by atoms with van der Waals surface area (Å²) in [6, 6.07) is 10.6. The van der Waals surface area contributed by atoms with E-state index in [0.29, 0.717) is 12.5 Å². The third kappa shape index (κ3) is 2.84. The highest BCUT2D eigenvalue weighted by molar-refractivity contribution is 5.71. The van der Waals surface area contributed by atoms with E-state index in [1.165, 1.54) is 6.07 Å². The second-order valence-electron chi connectivity index (χ2n) is 5.92. The van der Waals surface area contributed by atoms with Crippen LogP contribution in [0.1, 0.15) is 30.1 Å². The number of imidazole rings is 1. The van der Waals surface area contributed by atoms with Crippen LogP contribution < -0.4 is 0 Å². The molecule has 5 heteroatoms. The van der Waals surface area contributed by atoms with Gasteiger partial charge in [-0.15, -0.1) is 0 Å². The van der Waals surface area contributed by atoms with Gasteiger partial charge in [-0.2, -0.15) is 0 Å². The van der Waals surface area contributed by atoms with Gasteiger partial charge in [0.2, 0.25) is 0 Å². The zero-order valence-electron chi connectivity index (χ0n) is 12.8. The lowest BCUT2D eigenvalue weighted by Gasteiger charge is -2.22. The van der Waals surface area contributed by atoms with Crippen molar-refractivity contribution in [3.8, 4) is 0 Å². The molecule has 1 aliphatic rings. The molecule has 0 N–H and O–H groups in total. The van der Waals surface area contributed by atoms with E-state index in [0.717, 1.165) is 48.6 Å². The normalized spacial score (nSPS) is 16.0. The Morgan fingerprint density at radius 3 is 2.87 bits per heavy atom. The molecular weight excluding hydrogens is 293 g/mol. The van der Waals surface area contributed by atoms with Gasteiger partial charge in [0.1, 0.15) is 17.2 Å². The smallest absolute Gasteiger partial charge is 0.160 e. The first-order valence-corrected chi connectivity index (χ1v) is 7.94. The topological polar surface area (TPSA) is 39.9 Å². The number of rotatable bonds is 3. The lowest BCUT2D eigenvalue weighted by atomic mass is 9.99. The summed E-state index contributed by atoms with van der Waals surface area (Å²) in [4.78, 5) is 9.30. The number of hydrogen-bond donors (Lipinski definition) is 0. The van der Waals surface area contributed by atoms with Crippen LogP contribution in [0, 0.1) is 5.82 Å². The minimum Gasteiger partial charge on any atom is -0.381 e. The molecule has 0 saturated carbocycles. The van der Waals surface area contributed by atoms with Crippen molar-refractivity contribution >= 4 is 11.2 Å². The van der Waals surface area contributed by atoms with Crippen LogP contribution in [-0.2, 0) is 11.3 Å². The Labute approximate surface area is 133 Å². The molecule has 0 aliphatic carbocycles. The summed E-state index contributed by atoms with van der Waals surface area (Å²) in [6.07, 6.45) is 3.71. The Kier molecular flexibility index (Phi) is 3.79. The average molecular weight is 311 g/mol. The minimum absolute atomic E-state index is 0.215. The molecule has 4 rings (SSSR count). The maximum atomic E-state index is 13.5. The summed E-state index contributed by atoms with van der Waals surface area (Å²) < 4.78 is 21.1. The lowest BCUT2D eigenvalue weighted by Crippen LogP contribution is -2.18. The summed E-state index contributed by atoms with van der Waals surface area (Å²) >= 11 is 0. The molecule has 0 bridgehead atoms. The monoisotopic (exact) mass is 311 g/mol. The Morgan fingerprint density at radius 1 is 1.17 bits per heavy atom. The molecule has 0 atom stereocenters. The van der Waals surface area contributed by atoms with E-state index in [4.69, 9.17) is 9.72 Å². The van der Waals surface area contributed by atoms with Gasteiger partial charge in [-0.1, -0.05) is 12.1 Å². The van der Waals surface area contributed by atoms with Crippen molar-refractivity contribution in [1.82, 2.24) is 14.5 Å². The highest BCUT2D eigenvalue weighted by Crippen LogP contribution is 2.29. The molecule has 0 radical (unpaired) electrons. The molecule has 3 heterocycles. The molecule has 0 spiro atoms. The number of hydrogen-bond acceptors (Lipinski definition) is 3. The molecular formula is C18H18FN3O. The number of benzene rings is 1. The minimum atomic E-state index is -0.215. The number of nitrogens with zero attached hydrogens (tertiary/aromatic N) is 3. The number of aromatic nitrogens is 3. The fraction of sp³-hybridized carbons (Fsp3) is 0.333. The highest BCUT2D eigenvalue weighted by Gasteiger charge is 2.23. The number of pyridine rings is 1. The van der Waals surface area contributed by atoms with E-state index in [9.17, 15) is 4.39 Å². The number of halogens is 1. The van der Waals surface area contributed by atoms with E-state index >= 15 is 0 Å². The third-order valence-electron chi connectivity index (χ3n) is 4.35. The van der Waals surface area contributed by atoms with E-state index in [1.54, 1.807) is 18.3 Å². The summed E-state index contributed by atoms with van der Waals surface area (Å²) in [5, 5.41) is 0. The SMILES string of the molecule is Fc1cccc(Cn2c(C3CCOCC3)nc3cccnc32)c1. The van der Waals surface area contributed by atoms with Crippen LogP contribution in [0.2, 0.25) is 0 Å². The van der Waals surface area contributed by atoms with E-state index in [1.807, 2.05) is 18.2 Å². The fourth-order valence-corrected chi connectivity index (χ4v) is 3.22. The van der Waals surface area contributed by atoms with Crippen molar-refractivity contribution < 1.29 is 9.13 Å². The van der Waals surface area contributed by atoms with Crippen molar-refractivity contribution in [2.75, 3.05) is 13.2 Å². The van der Waals surface area contributed by atoms with Crippen molar-refractivity contribution in [1.29, 1.82) is 0 Å². The van der Waals surface area contributed by atoms with E-state index in [-0.39, 0.29) is 5.82 Å². The van der Waals surface area contributed by atoms with Gasteiger partial charge in [0.25, 0.3) is 0 Å². The Bertz CT molecular complexity index is 824. The third-order valence-corrected chi connectivity index (χ3v) is 4.35. The van der Waals surface area contributed by atoms with Crippen LogP contribution in [0.25, 0.3) is 11.2 Å². The zero-order valence-corrected chi connectivity index (χ0v) is 12.8. The van der Waals surface area contributed by atoms with Gasteiger partial charge in [-0.25, -0.2) is 14.4 Å². The molecule has 1 fully saturated rings. The summed E-state index contributed by atoms with van der Waals surface area (Å²) in [5.41, 5.74) is 2.67. The van der Waals surface area contributed by atoms with Crippen molar-refractivity contribution in [2.45, 2.75) is 25.3 Å². The molecule has 23 heavy (non-hydrogen) atoms. The Morgan fingerprint density at radius 2 is 2.04 bits per heavy atom. The van der Waals surface area contributed by atoms with E-state index < -0.39 is 0 Å². The summed E-state index contributed by atoms with van der Waals surface area (Å²) in [5.74, 6) is 1.19. The predicted octanol–water partition coefficient (Wildman–Crippen LogP) is 3.51. The van der Waals surface area contributed by atoms with Gasteiger partial charge in [0.05, 0.1) is 6.54 Å². The molecule has 118 valence electrons. The maximum absolute atomic E-state index is 13.5. The second kappa shape index (κ2) is 6.08. The van der Waals surface area contributed by atoms with Crippen molar-refractivity contribution in [3.05, 3.63) is 59.8 Å².